The molecule has 0 unspecified atom stereocenters. The first-order valence-electron chi connectivity index (χ1n) is 32.3. The molecule has 0 spiro atoms. The summed E-state index contributed by atoms with van der Waals surface area (Å²) in [6.45, 7) is 26.7. The van der Waals surface area contributed by atoms with E-state index in [9.17, 15) is 28.8 Å². The summed E-state index contributed by atoms with van der Waals surface area (Å²) in [5, 5.41) is 24.4. The molecule has 4 aromatic carbocycles. The molecule has 2 aliphatic carbocycles. The maximum absolute atomic E-state index is 13.6. The van der Waals surface area contributed by atoms with E-state index >= 15 is 0 Å². The van der Waals surface area contributed by atoms with Crippen LogP contribution in [0.2, 0.25) is 36.3 Å². The first-order chi connectivity index (χ1) is 44.3. The smallest absolute Gasteiger partial charge is 0.311 e. The molecule has 2 aliphatic rings. The molecule has 0 saturated carbocycles. The molecule has 4 aromatic rings. The summed E-state index contributed by atoms with van der Waals surface area (Å²) in [5.74, 6) is 2.14. The number of nitrogens with one attached hydrogen (secondary N) is 2. The highest BCUT2D eigenvalue weighted by molar-refractivity contribution is 6.74. The van der Waals surface area contributed by atoms with Crippen molar-refractivity contribution in [2.24, 2.45) is 0 Å². The third-order valence-corrected chi connectivity index (χ3v) is 27.1. The lowest BCUT2D eigenvalue weighted by molar-refractivity contribution is -0.136. The number of ether oxygens (including phenoxy) is 8. The zero-order chi connectivity index (χ0) is 69.9. The van der Waals surface area contributed by atoms with Gasteiger partial charge in [-0.3, -0.25) is 28.8 Å². The molecule has 4 N–H and O–H groups in total. The van der Waals surface area contributed by atoms with Crippen molar-refractivity contribution in [2.75, 3.05) is 95.3 Å². The Bertz CT molecular complexity index is 3230. The Labute approximate surface area is 558 Å². The van der Waals surface area contributed by atoms with Gasteiger partial charge in [0.05, 0.1) is 81.2 Å². The predicted octanol–water partition coefficient (Wildman–Crippen LogP) is 10.8. The van der Waals surface area contributed by atoms with Crippen LogP contribution in [0.4, 0.5) is 0 Å². The summed E-state index contributed by atoms with van der Waals surface area (Å²) >= 11 is 0. The molecule has 0 bridgehead atoms. The third-order valence-electron chi connectivity index (χ3n) is 18.0. The van der Waals surface area contributed by atoms with Gasteiger partial charge in [0.15, 0.2) is 39.6 Å². The number of methoxy groups -OCH3 is 6. The molecule has 0 fully saturated rings. The molecule has 0 saturated heterocycles. The van der Waals surface area contributed by atoms with Gasteiger partial charge < -0.3 is 77.4 Å². The summed E-state index contributed by atoms with van der Waals surface area (Å²) < 4.78 is 58.3. The largest absolute Gasteiger partial charge is 0.493 e. The van der Waals surface area contributed by atoms with E-state index in [2.05, 4.69) is 78.4 Å². The Hall–Kier alpha value is -7.23. The first-order valence-corrected chi connectivity index (χ1v) is 38.1. The average molecular weight is 1350 g/mol. The molecule has 0 aliphatic heterocycles. The van der Waals surface area contributed by atoms with E-state index in [0.29, 0.717) is 104 Å². The number of carbonyl (C=O) groups excluding carboxylic acids is 6. The molecule has 94 heavy (non-hydrogen) atoms. The van der Waals surface area contributed by atoms with Crippen LogP contribution in [-0.2, 0) is 50.5 Å². The van der Waals surface area contributed by atoms with E-state index < -0.39 is 28.6 Å². The second kappa shape index (κ2) is 35.0. The van der Waals surface area contributed by atoms with Crippen molar-refractivity contribution in [1.29, 1.82) is 0 Å². The van der Waals surface area contributed by atoms with Gasteiger partial charge in [-0.2, -0.15) is 0 Å². The number of aliphatic hydroxyl groups is 2. The van der Waals surface area contributed by atoms with Crippen molar-refractivity contribution < 1.29 is 85.7 Å². The average Bonchev–Trinajstić information content (AvgIpc) is 1.45. The van der Waals surface area contributed by atoms with Crippen LogP contribution in [0.15, 0.2) is 48.5 Å². The molecule has 22 nitrogen and oxygen atoms in total. The Morgan fingerprint density at radius 2 is 0.851 bits per heavy atom. The number of amides is 4. The van der Waals surface area contributed by atoms with Gasteiger partial charge in [0, 0.05) is 76.8 Å². The van der Waals surface area contributed by atoms with Crippen LogP contribution in [0.1, 0.15) is 141 Å². The number of esters is 2. The van der Waals surface area contributed by atoms with E-state index in [1.807, 2.05) is 29.2 Å². The van der Waals surface area contributed by atoms with Crippen molar-refractivity contribution in [3.05, 3.63) is 70.8 Å². The van der Waals surface area contributed by atoms with Crippen LogP contribution in [0.5, 0.6) is 46.0 Å². The summed E-state index contributed by atoms with van der Waals surface area (Å²) in [6, 6.07) is 13.8. The predicted molar refractivity (Wildman–Crippen MR) is 365 cm³/mol. The monoisotopic (exact) mass is 1340 g/mol. The van der Waals surface area contributed by atoms with Gasteiger partial charge in [-0.05, 0) is 145 Å². The number of nitrogens with zero attached hydrogens (tertiary/aromatic N) is 2. The number of benzene rings is 4. The number of aliphatic hydroxyl groups excluding tert-OH is 2. The maximum Gasteiger partial charge on any atom is 0.311 e. The number of carbonyl (C=O) groups is 6. The van der Waals surface area contributed by atoms with Crippen molar-refractivity contribution in [3.8, 4) is 68.2 Å². The Kier molecular flexibility index (Phi) is 28.8. The fourth-order valence-corrected chi connectivity index (χ4v) is 13.1. The lowest BCUT2D eigenvalue weighted by Crippen LogP contribution is -2.45. The van der Waals surface area contributed by atoms with Gasteiger partial charge >= 0.3 is 11.9 Å². The van der Waals surface area contributed by atoms with Gasteiger partial charge in [0.25, 0.3) is 0 Å². The highest BCUT2D eigenvalue weighted by Crippen LogP contribution is 2.53. The molecule has 0 heterocycles. The molecule has 4 amide bonds. The minimum Gasteiger partial charge on any atom is -0.493 e. The maximum atomic E-state index is 13.6. The van der Waals surface area contributed by atoms with Crippen molar-refractivity contribution >= 4 is 52.2 Å². The topological polar surface area (TPSA) is 266 Å². The van der Waals surface area contributed by atoms with Gasteiger partial charge in [-0.25, -0.2) is 0 Å². The van der Waals surface area contributed by atoms with E-state index in [0.717, 1.165) is 44.5 Å². The third kappa shape index (κ3) is 20.4. The van der Waals surface area contributed by atoms with E-state index in [1.165, 1.54) is 25.9 Å². The summed E-state index contributed by atoms with van der Waals surface area (Å²) in [7, 11) is 5.41. The summed E-state index contributed by atoms with van der Waals surface area (Å²) in [4.78, 5) is 79.2. The van der Waals surface area contributed by atoms with Crippen LogP contribution < -0.4 is 48.5 Å². The van der Waals surface area contributed by atoms with Gasteiger partial charge in [0.1, 0.15) is 11.5 Å². The number of rotatable bonds is 30. The lowest BCUT2D eigenvalue weighted by Gasteiger charge is -2.38. The van der Waals surface area contributed by atoms with Crippen LogP contribution >= 0.6 is 0 Å². The normalized spacial score (nSPS) is 14.3. The molecular formula is C70H104N4O18Si2. The van der Waals surface area contributed by atoms with Crippen LogP contribution in [0, 0.1) is 0 Å². The van der Waals surface area contributed by atoms with Gasteiger partial charge in [0.2, 0.25) is 35.1 Å². The van der Waals surface area contributed by atoms with Crippen LogP contribution in [0.3, 0.4) is 0 Å². The summed E-state index contributed by atoms with van der Waals surface area (Å²) in [5.41, 5.74) is 6.81. The number of hydrogen-bond donors (Lipinski definition) is 4. The highest BCUT2D eigenvalue weighted by Gasteiger charge is 2.39. The Morgan fingerprint density at radius 3 is 1.16 bits per heavy atom. The molecule has 0 aromatic heterocycles. The standard InChI is InChI=1S/C41H66N2O9Si2.C29H38N2O9/c1-28(44)42-33-21-18-29-26-34(47-8)38(48-9)39(49-10)37(29)31-20-19-30(27-32(31)33)52-36(46)17-15-16-35(45)43(22-24-50-53(11,12)40(2,3)4)23-25-51-54(13,14)41(5,6)7;1-18(34)30-23-11-8-19-16-24(37-2)28(38-3)29(39-4)27(19)21-10-9-20(17-22(21)23)40-26(36)7-5-6-25(35)31(12-14-32)13-15-33/h19-20,26-27,33H,15-18,21-25H2,1-14H3,(H,42,44);9-10,16-17,23,32-33H,5-8,11-15H2,1-4H3,(H,30,34)/t33-;23-/m00/s1. The number of aryl methyl sites for hydroxylation is 2. The molecule has 6 rings (SSSR count). The van der Waals surface area contributed by atoms with E-state index in [4.69, 9.17) is 57.0 Å². The molecule has 0 radical (unpaired) electrons. The second-order valence-corrected chi connectivity index (χ2v) is 36.1. The fraction of sp³-hybridized carbons (Fsp3) is 0.571. The fourth-order valence-electron chi connectivity index (χ4n) is 11.0. The van der Waals surface area contributed by atoms with Gasteiger partial charge in [-0.1, -0.05) is 53.7 Å². The van der Waals surface area contributed by atoms with E-state index in [-0.39, 0.29) is 104 Å². The zero-order valence-electron chi connectivity index (χ0n) is 58.8. The minimum atomic E-state index is -1.99. The molecular weight excluding hydrogens is 1240 g/mol. The van der Waals surface area contributed by atoms with Gasteiger partial charge in [-0.15, -0.1) is 0 Å². The Balaban J connectivity index is 0.000000356. The van der Waals surface area contributed by atoms with Crippen LogP contribution in [-0.4, -0.2) is 167 Å². The lowest BCUT2D eigenvalue weighted by atomic mass is 9.93. The van der Waals surface area contributed by atoms with Crippen molar-refractivity contribution in [2.45, 2.75) is 168 Å². The Morgan fingerprint density at radius 1 is 0.500 bits per heavy atom. The van der Waals surface area contributed by atoms with Crippen molar-refractivity contribution in [1.82, 2.24) is 20.4 Å². The first kappa shape index (κ1) is 77.5. The van der Waals surface area contributed by atoms with E-state index in [1.54, 1.807) is 59.8 Å². The number of fused-ring (bicyclic) bond motifs is 6. The highest BCUT2D eigenvalue weighted by atomic mass is 28.4. The second-order valence-electron chi connectivity index (χ2n) is 26.5. The molecule has 2 atom stereocenters. The zero-order valence-corrected chi connectivity index (χ0v) is 60.8. The quantitative estimate of drug-likeness (QED) is 0.0215. The van der Waals surface area contributed by atoms with Crippen LogP contribution in [0.25, 0.3) is 22.3 Å². The summed E-state index contributed by atoms with van der Waals surface area (Å²) in [6.07, 6.45) is 3.43. The number of hydrogen-bond acceptors (Lipinski definition) is 18. The van der Waals surface area contributed by atoms with Crippen molar-refractivity contribution in [3.63, 3.8) is 0 Å². The molecule has 24 heteroatoms. The minimum absolute atomic E-state index is 0.0116. The SMILES string of the molecule is COc1cc2c(c(OC)c1OC)-c1ccc(OC(=O)CCCC(=O)N(CCO)CCO)cc1[C@@H](NC(C)=O)CC2.COc1cc2c(c(OC)c1OC)-c1ccc(OC(=O)CCCC(=O)N(CCO[Si](C)(C)C(C)(C)C)CCO[Si](C)(C)C(C)(C)C)cc1[C@@H](NC(C)=O)CC2. The molecule has 520 valence electrons.